The molecule has 7 nitrogen and oxygen atoms in total. The Labute approximate surface area is 157 Å². The average Bonchev–Trinajstić information content (AvgIpc) is 2.57. The Bertz CT molecular complexity index is 947. The SMILES string of the molecule is CC(=O)Nc1cccc(N(CCNC(=O)c2cccc(F)c2)S(C)(=O)=O)c1. The number of rotatable bonds is 7. The summed E-state index contributed by atoms with van der Waals surface area (Å²) in [5.41, 5.74) is 0.953. The van der Waals surface area contributed by atoms with Gasteiger partial charge in [0.25, 0.3) is 5.91 Å². The van der Waals surface area contributed by atoms with Crippen LogP contribution in [0.5, 0.6) is 0 Å². The van der Waals surface area contributed by atoms with Crippen LogP contribution >= 0.6 is 0 Å². The minimum atomic E-state index is -3.62. The van der Waals surface area contributed by atoms with Crippen molar-refractivity contribution in [2.75, 3.05) is 29.0 Å². The first kappa shape index (κ1) is 20.4. The second-order valence-electron chi connectivity index (χ2n) is 5.83. The fourth-order valence-corrected chi connectivity index (χ4v) is 3.35. The Morgan fingerprint density at radius 1 is 1.11 bits per heavy atom. The maximum Gasteiger partial charge on any atom is 0.251 e. The van der Waals surface area contributed by atoms with E-state index >= 15 is 0 Å². The number of carbonyl (C=O) groups excluding carboxylic acids is 2. The molecule has 0 spiro atoms. The molecular formula is C18H20FN3O4S. The average molecular weight is 393 g/mol. The Morgan fingerprint density at radius 2 is 1.81 bits per heavy atom. The largest absolute Gasteiger partial charge is 0.350 e. The summed E-state index contributed by atoms with van der Waals surface area (Å²) in [4.78, 5) is 23.2. The number of sulfonamides is 1. The van der Waals surface area contributed by atoms with Crippen LogP contribution < -0.4 is 14.9 Å². The van der Waals surface area contributed by atoms with E-state index in [1.54, 1.807) is 18.2 Å². The van der Waals surface area contributed by atoms with E-state index in [2.05, 4.69) is 10.6 Å². The van der Waals surface area contributed by atoms with Gasteiger partial charge >= 0.3 is 0 Å². The number of carbonyl (C=O) groups is 2. The number of amides is 2. The molecule has 2 rings (SSSR count). The lowest BCUT2D eigenvalue weighted by Crippen LogP contribution is -2.38. The maximum absolute atomic E-state index is 13.2. The molecule has 0 aliphatic rings. The molecule has 2 N–H and O–H groups in total. The van der Waals surface area contributed by atoms with Gasteiger partial charge in [0, 0.05) is 24.7 Å². The van der Waals surface area contributed by atoms with Crippen LogP contribution in [0.2, 0.25) is 0 Å². The minimum Gasteiger partial charge on any atom is -0.350 e. The molecule has 9 heteroatoms. The number of benzene rings is 2. The highest BCUT2D eigenvalue weighted by Crippen LogP contribution is 2.21. The zero-order valence-corrected chi connectivity index (χ0v) is 15.7. The summed E-state index contributed by atoms with van der Waals surface area (Å²) < 4.78 is 38.6. The van der Waals surface area contributed by atoms with E-state index in [1.165, 1.54) is 31.2 Å². The van der Waals surface area contributed by atoms with Crippen LogP contribution in [-0.4, -0.2) is 39.6 Å². The van der Waals surface area contributed by atoms with Crippen LogP contribution in [-0.2, 0) is 14.8 Å². The molecule has 0 aromatic heterocycles. The summed E-state index contributed by atoms with van der Waals surface area (Å²) in [7, 11) is -3.62. The Hall–Kier alpha value is -2.94. The zero-order chi connectivity index (χ0) is 20.0. The summed E-state index contributed by atoms with van der Waals surface area (Å²) >= 11 is 0. The fraction of sp³-hybridized carbons (Fsp3) is 0.222. The topological polar surface area (TPSA) is 95.6 Å². The smallest absolute Gasteiger partial charge is 0.251 e. The van der Waals surface area contributed by atoms with Gasteiger partial charge in [-0.1, -0.05) is 12.1 Å². The van der Waals surface area contributed by atoms with E-state index in [1.807, 2.05) is 0 Å². The van der Waals surface area contributed by atoms with Crippen molar-refractivity contribution in [2.45, 2.75) is 6.92 Å². The molecule has 2 aromatic carbocycles. The van der Waals surface area contributed by atoms with Crippen LogP contribution in [0.15, 0.2) is 48.5 Å². The molecule has 0 radical (unpaired) electrons. The molecule has 0 aliphatic carbocycles. The summed E-state index contributed by atoms with van der Waals surface area (Å²) in [5, 5.41) is 5.15. The zero-order valence-electron chi connectivity index (χ0n) is 14.9. The molecule has 0 saturated carbocycles. The van der Waals surface area contributed by atoms with Crippen molar-refractivity contribution in [1.82, 2.24) is 5.32 Å². The minimum absolute atomic E-state index is 0.0206. The molecule has 2 amide bonds. The van der Waals surface area contributed by atoms with E-state index in [0.717, 1.165) is 16.6 Å². The highest BCUT2D eigenvalue weighted by Gasteiger charge is 2.18. The molecule has 0 heterocycles. The van der Waals surface area contributed by atoms with Crippen molar-refractivity contribution >= 4 is 33.2 Å². The molecule has 0 atom stereocenters. The molecule has 2 aromatic rings. The molecule has 27 heavy (non-hydrogen) atoms. The van der Waals surface area contributed by atoms with E-state index < -0.39 is 21.7 Å². The third kappa shape index (κ3) is 6.07. The molecule has 0 saturated heterocycles. The molecular weight excluding hydrogens is 373 g/mol. The lowest BCUT2D eigenvalue weighted by Gasteiger charge is -2.23. The van der Waals surface area contributed by atoms with Crippen LogP contribution in [0.1, 0.15) is 17.3 Å². The maximum atomic E-state index is 13.2. The summed E-state index contributed by atoms with van der Waals surface area (Å²) in [6, 6.07) is 11.6. The van der Waals surface area contributed by atoms with Gasteiger partial charge < -0.3 is 10.6 Å². The van der Waals surface area contributed by atoms with Gasteiger partial charge in [-0.2, -0.15) is 0 Å². The van der Waals surface area contributed by atoms with Gasteiger partial charge in [-0.25, -0.2) is 12.8 Å². The van der Waals surface area contributed by atoms with Crippen molar-refractivity contribution in [3.8, 4) is 0 Å². The summed E-state index contributed by atoms with van der Waals surface area (Å²) in [5.74, 6) is -1.31. The van der Waals surface area contributed by atoms with E-state index in [0.29, 0.717) is 11.4 Å². The molecule has 0 fully saturated rings. The Balaban J connectivity index is 2.10. The first-order valence-electron chi connectivity index (χ1n) is 8.06. The Kier molecular flexibility index (Phi) is 6.51. The number of hydrogen-bond donors (Lipinski definition) is 2. The van der Waals surface area contributed by atoms with Gasteiger partial charge in [0.2, 0.25) is 15.9 Å². The molecule has 144 valence electrons. The van der Waals surface area contributed by atoms with Crippen molar-refractivity contribution in [2.24, 2.45) is 0 Å². The third-order valence-electron chi connectivity index (χ3n) is 3.54. The standard InChI is InChI=1S/C18H20FN3O4S/c1-13(23)21-16-7-4-8-17(12-16)22(27(2,25)26)10-9-20-18(24)14-5-3-6-15(19)11-14/h3-8,11-12H,9-10H2,1-2H3,(H,20,24)(H,21,23). The lowest BCUT2D eigenvalue weighted by atomic mass is 10.2. The van der Waals surface area contributed by atoms with Gasteiger partial charge in [-0.15, -0.1) is 0 Å². The number of nitrogens with zero attached hydrogens (tertiary/aromatic N) is 1. The van der Waals surface area contributed by atoms with Gasteiger partial charge in [-0.3, -0.25) is 13.9 Å². The normalized spacial score (nSPS) is 10.9. The van der Waals surface area contributed by atoms with Gasteiger partial charge in [0.15, 0.2) is 0 Å². The van der Waals surface area contributed by atoms with Crippen molar-refractivity contribution < 1.29 is 22.4 Å². The van der Waals surface area contributed by atoms with Crippen LogP contribution in [0.3, 0.4) is 0 Å². The Morgan fingerprint density at radius 3 is 2.44 bits per heavy atom. The second kappa shape index (κ2) is 8.63. The first-order chi connectivity index (χ1) is 12.7. The number of nitrogens with one attached hydrogen (secondary N) is 2. The fourth-order valence-electron chi connectivity index (χ4n) is 2.43. The highest BCUT2D eigenvalue weighted by molar-refractivity contribution is 7.92. The third-order valence-corrected chi connectivity index (χ3v) is 4.74. The monoisotopic (exact) mass is 393 g/mol. The van der Waals surface area contributed by atoms with E-state index in [4.69, 9.17) is 0 Å². The number of anilines is 2. The van der Waals surface area contributed by atoms with Crippen LogP contribution in [0.25, 0.3) is 0 Å². The highest BCUT2D eigenvalue weighted by atomic mass is 32.2. The van der Waals surface area contributed by atoms with Gasteiger partial charge in [0.05, 0.1) is 18.5 Å². The van der Waals surface area contributed by atoms with Gasteiger partial charge in [-0.05, 0) is 36.4 Å². The van der Waals surface area contributed by atoms with E-state index in [-0.39, 0.29) is 24.6 Å². The van der Waals surface area contributed by atoms with Crippen LogP contribution in [0.4, 0.5) is 15.8 Å². The van der Waals surface area contributed by atoms with Crippen LogP contribution in [0, 0.1) is 5.82 Å². The predicted octanol–water partition coefficient (Wildman–Crippen LogP) is 1.98. The second-order valence-corrected chi connectivity index (χ2v) is 7.74. The van der Waals surface area contributed by atoms with Gasteiger partial charge in [0.1, 0.15) is 5.82 Å². The lowest BCUT2D eigenvalue weighted by molar-refractivity contribution is -0.114. The summed E-state index contributed by atoms with van der Waals surface area (Å²) in [6.07, 6.45) is 1.05. The van der Waals surface area contributed by atoms with Crippen molar-refractivity contribution in [3.63, 3.8) is 0 Å². The predicted molar refractivity (Wildman–Crippen MR) is 102 cm³/mol. The molecule has 0 aliphatic heterocycles. The van der Waals surface area contributed by atoms with E-state index in [9.17, 15) is 22.4 Å². The number of hydrogen-bond acceptors (Lipinski definition) is 4. The molecule has 0 unspecified atom stereocenters. The summed E-state index contributed by atoms with van der Waals surface area (Å²) in [6.45, 7) is 1.35. The number of halogens is 1. The molecule has 0 bridgehead atoms. The quantitative estimate of drug-likeness (QED) is 0.752. The van der Waals surface area contributed by atoms with Crippen molar-refractivity contribution in [1.29, 1.82) is 0 Å². The van der Waals surface area contributed by atoms with Crippen molar-refractivity contribution in [3.05, 3.63) is 59.9 Å². The first-order valence-corrected chi connectivity index (χ1v) is 9.91.